The molecule has 0 atom stereocenters. The highest BCUT2D eigenvalue weighted by Gasteiger charge is 2.05. The second kappa shape index (κ2) is 5.83. The minimum absolute atomic E-state index is 0.145. The van der Waals surface area contributed by atoms with Gasteiger partial charge in [-0.15, -0.1) is 0 Å². The summed E-state index contributed by atoms with van der Waals surface area (Å²) in [4.78, 5) is 0. The Morgan fingerprint density at radius 3 is 2.47 bits per heavy atom. The van der Waals surface area contributed by atoms with Crippen molar-refractivity contribution in [1.29, 1.82) is 0 Å². The van der Waals surface area contributed by atoms with E-state index in [1.165, 1.54) is 6.07 Å². The van der Waals surface area contributed by atoms with Crippen LogP contribution in [0.3, 0.4) is 0 Å². The molecule has 84 valence electrons. The second-order valence-electron chi connectivity index (χ2n) is 3.96. The molecule has 0 heterocycles. The molecule has 0 fully saturated rings. The summed E-state index contributed by atoms with van der Waals surface area (Å²) in [5.74, 6) is 0.225. The predicted molar refractivity (Wildman–Crippen MR) is 61.1 cm³/mol. The highest BCUT2D eigenvalue weighted by Crippen LogP contribution is 2.13. The fourth-order valence-electron chi connectivity index (χ4n) is 1.57. The lowest BCUT2D eigenvalue weighted by molar-refractivity contribution is 0.507. The van der Waals surface area contributed by atoms with Crippen molar-refractivity contribution in [3.63, 3.8) is 0 Å². The van der Waals surface area contributed by atoms with Gasteiger partial charge in [-0.3, -0.25) is 0 Å². The van der Waals surface area contributed by atoms with Gasteiger partial charge in [0.2, 0.25) is 0 Å². The third-order valence-electron chi connectivity index (χ3n) is 2.73. The van der Waals surface area contributed by atoms with Crippen LogP contribution in [0.15, 0.2) is 18.2 Å². The molecule has 0 aromatic heterocycles. The van der Waals surface area contributed by atoms with Crippen LogP contribution in [0.25, 0.3) is 0 Å². The number of benzene rings is 1. The second-order valence-corrected chi connectivity index (χ2v) is 3.96. The Balaban J connectivity index is 2.54. The van der Waals surface area contributed by atoms with Gasteiger partial charge in [-0.25, -0.2) is 4.39 Å². The Bertz CT molecular complexity index is 308. The lowest BCUT2D eigenvalue weighted by atomic mass is 9.99. The van der Waals surface area contributed by atoms with E-state index in [1.807, 2.05) is 12.1 Å². The summed E-state index contributed by atoms with van der Waals surface area (Å²) in [7, 11) is 0. The summed E-state index contributed by atoms with van der Waals surface area (Å²) in [5.41, 5.74) is 13.0. The van der Waals surface area contributed by atoms with Crippen molar-refractivity contribution in [2.24, 2.45) is 17.4 Å². The van der Waals surface area contributed by atoms with Crippen LogP contribution in [0, 0.1) is 18.7 Å². The Kier molecular flexibility index (Phi) is 4.72. The van der Waals surface area contributed by atoms with E-state index < -0.39 is 0 Å². The van der Waals surface area contributed by atoms with Crippen LogP contribution in [0.2, 0.25) is 0 Å². The molecule has 0 saturated heterocycles. The average Bonchev–Trinajstić information content (AvgIpc) is 2.24. The fraction of sp³-hybridized carbons (Fsp3) is 0.500. The van der Waals surface area contributed by atoms with E-state index in [4.69, 9.17) is 11.5 Å². The summed E-state index contributed by atoms with van der Waals surface area (Å²) in [6, 6.07) is 5.23. The van der Waals surface area contributed by atoms with Crippen molar-refractivity contribution in [1.82, 2.24) is 0 Å². The van der Waals surface area contributed by atoms with Crippen LogP contribution in [-0.4, -0.2) is 13.1 Å². The number of halogens is 1. The molecule has 1 rings (SSSR count). The summed E-state index contributed by atoms with van der Waals surface area (Å²) in [6.07, 6.45) is 1.89. The molecule has 15 heavy (non-hydrogen) atoms. The van der Waals surface area contributed by atoms with E-state index in [0.717, 1.165) is 18.4 Å². The van der Waals surface area contributed by atoms with E-state index in [2.05, 4.69) is 0 Å². The van der Waals surface area contributed by atoms with Gasteiger partial charge in [0.05, 0.1) is 0 Å². The first kappa shape index (κ1) is 12.1. The minimum atomic E-state index is -0.145. The van der Waals surface area contributed by atoms with Gasteiger partial charge in [0.25, 0.3) is 0 Å². The highest BCUT2D eigenvalue weighted by molar-refractivity contribution is 5.23. The molecule has 0 saturated carbocycles. The smallest absolute Gasteiger partial charge is 0.126 e. The van der Waals surface area contributed by atoms with E-state index in [-0.39, 0.29) is 5.82 Å². The van der Waals surface area contributed by atoms with Crippen LogP contribution >= 0.6 is 0 Å². The largest absolute Gasteiger partial charge is 0.330 e. The van der Waals surface area contributed by atoms with Gasteiger partial charge in [-0.05, 0) is 56.0 Å². The van der Waals surface area contributed by atoms with Gasteiger partial charge in [-0.1, -0.05) is 12.1 Å². The standard InChI is InChI=1S/C12H19FN2/c1-9-6-10(4-5-12(9)13)2-3-11(7-14)8-15/h4-6,11H,2-3,7-8,14-15H2,1H3. The van der Waals surface area contributed by atoms with Crippen LogP contribution < -0.4 is 11.5 Å². The molecule has 0 aliphatic rings. The molecular formula is C12H19FN2. The molecule has 1 aromatic rings. The molecule has 4 N–H and O–H groups in total. The monoisotopic (exact) mass is 210 g/mol. The molecule has 0 spiro atoms. The first-order valence-corrected chi connectivity index (χ1v) is 5.32. The molecule has 0 aliphatic carbocycles. The zero-order valence-electron chi connectivity index (χ0n) is 9.17. The lowest BCUT2D eigenvalue weighted by Gasteiger charge is -2.11. The van der Waals surface area contributed by atoms with Crippen molar-refractivity contribution in [3.8, 4) is 0 Å². The predicted octanol–water partition coefficient (Wildman–Crippen LogP) is 1.60. The van der Waals surface area contributed by atoms with E-state index in [0.29, 0.717) is 24.6 Å². The van der Waals surface area contributed by atoms with Gasteiger partial charge in [-0.2, -0.15) is 0 Å². The van der Waals surface area contributed by atoms with Crippen molar-refractivity contribution in [2.45, 2.75) is 19.8 Å². The van der Waals surface area contributed by atoms with Gasteiger partial charge in [0.15, 0.2) is 0 Å². The first-order chi connectivity index (χ1) is 7.17. The van der Waals surface area contributed by atoms with Gasteiger partial charge < -0.3 is 11.5 Å². The molecular weight excluding hydrogens is 191 g/mol. The first-order valence-electron chi connectivity index (χ1n) is 5.32. The number of nitrogens with two attached hydrogens (primary N) is 2. The zero-order valence-corrected chi connectivity index (χ0v) is 9.17. The third kappa shape index (κ3) is 3.61. The Labute approximate surface area is 90.5 Å². The molecule has 0 radical (unpaired) electrons. The molecule has 0 aliphatic heterocycles. The van der Waals surface area contributed by atoms with Crippen LogP contribution in [0.1, 0.15) is 17.5 Å². The summed E-state index contributed by atoms with van der Waals surface area (Å²) in [5, 5.41) is 0. The Hall–Kier alpha value is -0.930. The maximum atomic E-state index is 13.0. The number of aryl methyl sites for hydroxylation is 2. The van der Waals surface area contributed by atoms with Gasteiger partial charge >= 0.3 is 0 Å². The highest BCUT2D eigenvalue weighted by atomic mass is 19.1. The van der Waals surface area contributed by atoms with E-state index >= 15 is 0 Å². The Morgan fingerprint density at radius 1 is 1.27 bits per heavy atom. The number of hydrogen-bond acceptors (Lipinski definition) is 2. The maximum absolute atomic E-state index is 13.0. The Morgan fingerprint density at radius 2 is 1.93 bits per heavy atom. The molecule has 0 amide bonds. The molecule has 0 bridgehead atoms. The quantitative estimate of drug-likeness (QED) is 0.775. The van der Waals surface area contributed by atoms with Gasteiger partial charge in [0, 0.05) is 0 Å². The van der Waals surface area contributed by atoms with Crippen molar-refractivity contribution in [3.05, 3.63) is 35.1 Å². The SMILES string of the molecule is Cc1cc(CCC(CN)CN)ccc1F. The summed E-state index contributed by atoms with van der Waals surface area (Å²) < 4.78 is 13.0. The van der Waals surface area contributed by atoms with E-state index in [1.54, 1.807) is 6.92 Å². The van der Waals surface area contributed by atoms with Crippen LogP contribution in [-0.2, 0) is 6.42 Å². The summed E-state index contributed by atoms with van der Waals surface area (Å²) >= 11 is 0. The van der Waals surface area contributed by atoms with Crippen molar-refractivity contribution >= 4 is 0 Å². The third-order valence-corrected chi connectivity index (χ3v) is 2.73. The molecule has 2 nitrogen and oxygen atoms in total. The number of hydrogen-bond donors (Lipinski definition) is 2. The van der Waals surface area contributed by atoms with Crippen LogP contribution in [0.5, 0.6) is 0 Å². The molecule has 3 heteroatoms. The molecule has 0 unspecified atom stereocenters. The minimum Gasteiger partial charge on any atom is -0.330 e. The lowest BCUT2D eigenvalue weighted by Crippen LogP contribution is -2.23. The zero-order chi connectivity index (χ0) is 11.3. The van der Waals surface area contributed by atoms with Crippen molar-refractivity contribution < 1.29 is 4.39 Å². The summed E-state index contributed by atoms with van der Waals surface area (Å²) in [6.45, 7) is 3.02. The van der Waals surface area contributed by atoms with Gasteiger partial charge in [0.1, 0.15) is 5.82 Å². The van der Waals surface area contributed by atoms with E-state index in [9.17, 15) is 4.39 Å². The number of rotatable bonds is 5. The molecule has 1 aromatic carbocycles. The maximum Gasteiger partial charge on any atom is 0.126 e. The normalized spacial score (nSPS) is 11.0. The topological polar surface area (TPSA) is 52.0 Å². The fourth-order valence-corrected chi connectivity index (χ4v) is 1.57. The van der Waals surface area contributed by atoms with Crippen molar-refractivity contribution in [2.75, 3.05) is 13.1 Å². The average molecular weight is 210 g/mol. The van der Waals surface area contributed by atoms with Crippen LogP contribution in [0.4, 0.5) is 4.39 Å².